The van der Waals surface area contributed by atoms with Crippen molar-refractivity contribution in [3.05, 3.63) is 88.0 Å². The number of amides is 1. The number of nitrogens with one attached hydrogen (secondary N) is 1. The Morgan fingerprint density at radius 2 is 1.81 bits per heavy atom. The minimum absolute atomic E-state index is 0.00571. The molecule has 0 aliphatic carbocycles. The fourth-order valence-electron chi connectivity index (χ4n) is 3.55. The minimum Gasteiger partial charge on any atom is -0.496 e. The molecule has 0 bridgehead atoms. The van der Waals surface area contributed by atoms with Crippen molar-refractivity contribution in [1.82, 2.24) is 0 Å². The maximum Gasteiger partial charge on any atom is 0.296 e. The summed E-state index contributed by atoms with van der Waals surface area (Å²) in [5.74, 6) is -0.318. The van der Waals surface area contributed by atoms with Crippen LogP contribution in [-0.2, 0) is 16.4 Å². The number of para-hydroxylation sites is 1. The SMILES string of the molecule is COc1ccc(NC(=O)c2ccc(S(=O)(=O)N3CCc4ccccc43)cc2)c([N+](=O)[O-])c1. The molecule has 1 N–H and O–H groups in total. The largest absolute Gasteiger partial charge is 0.496 e. The lowest BCUT2D eigenvalue weighted by Crippen LogP contribution is -2.29. The van der Waals surface area contributed by atoms with Crippen LogP contribution in [0.2, 0.25) is 0 Å². The number of sulfonamides is 1. The number of hydrogen-bond donors (Lipinski definition) is 1. The Kier molecular flexibility index (Phi) is 5.54. The van der Waals surface area contributed by atoms with Crippen LogP contribution in [0.5, 0.6) is 5.75 Å². The van der Waals surface area contributed by atoms with E-state index in [4.69, 9.17) is 4.74 Å². The molecule has 1 heterocycles. The molecule has 1 aliphatic heterocycles. The van der Waals surface area contributed by atoms with Crippen molar-refractivity contribution >= 4 is 33.0 Å². The maximum atomic E-state index is 13.1. The Balaban J connectivity index is 1.56. The third-order valence-corrected chi connectivity index (χ3v) is 7.03. The number of nitrogens with zero attached hydrogens (tertiary/aromatic N) is 2. The molecule has 164 valence electrons. The first-order valence-electron chi connectivity index (χ1n) is 9.66. The van der Waals surface area contributed by atoms with Crippen molar-refractivity contribution in [2.24, 2.45) is 0 Å². The van der Waals surface area contributed by atoms with Crippen LogP contribution in [0.1, 0.15) is 15.9 Å². The number of benzene rings is 3. The number of rotatable bonds is 6. The molecule has 1 aliphatic rings. The van der Waals surface area contributed by atoms with Crippen LogP contribution in [0.4, 0.5) is 17.1 Å². The quantitative estimate of drug-likeness (QED) is 0.450. The lowest BCUT2D eigenvalue weighted by Gasteiger charge is -2.19. The van der Waals surface area contributed by atoms with E-state index in [1.54, 1.807) is 12.1 Å². The highest BCUT2D eigenvalue weighted by molar-refractivity contribution is 7.92. The van der Waals surface area contributed by atoms with Crippen LogP contribution in [0, 0.1) is 10.1 Å². The van der Waals surface area contributed by atoms with Gasteiger partial charge in [-0.2, -0.15) is 0 Å². The van der Waals surface area contributed by atoms with Gasteiger partial charge in [0.1, 0.15) is 11.4 Å². The predicted octanol–water partition coefficient (Wildman–Crippen LogP) is 3.61. The second-order valence-electron chi connectivity index (χ2n) is 7.07. The Bertz CT molecular complexity index is 1310. The number of anilines is 2. The summed E-state index contributed by atoms with van der Waals surface area (Å²) in [5.41, 5.74) is 1.47. The van der Waals surface area contributed by atoms with Gasteiger partial charge in [-0.05, 0) is 54.4 Å². The van der Waals surface area contributed by atoms with E-state index < -0.39 is 20.9 Å². The molecule has 3 aromatic carbocycles. The molecule has 0 saturated heterocycles. The zero-order valence-corrected chi connectivity index (χ0v) is 17.8. The van der Waals surface area contributed by atoms with E-state index in [1.807, 2.05) is 12.1 Å². The van der Waals surface area contributed by atoms with E-state index in [2.05, 4.69) is 5.32 Å². The topological polar surface area (TPSA) is 119 Å². The first-order chi connectivity index (χ1) is 15.3. The summed E-state index contributed by atoms with van der Waals surface area (Å²) in [7, 11) is -2.40. The minimum atomic E-state index is -3.78. The molecule has 0 saturated carbocycles. The molecule has 0 atom stereocenters. The van der Waals surface area contributed by atoms with Crippen LogP contribution < -0.4 is 14.4 Å². The molecule has 0 unspecified atom stereocenters. The summed E-state index contributed by atoms with van der Waals surface area (Å²) in [6.07, 6.45) is 0.635. The molecule has 0 aromatic heterocycles. The van der Waals surface area contributed by atoms with Gasteiger partial charge in [0.15, 0.2) is 0 Å². The number of hydrogen-bond acceptors (Lipinski definition) is 6. The van der Waals surface area contributed by atoms with Gasteiger partial charge in [0.05, 0.1) is 28.7 Å². The average molecular weight is 453 g/mol. The van der Waals surface area contributed by atoms with Crippen molar-refractivity contribution in [3.8, 4) is 5.75 Å². The van der Waals surface area contributed by atoms with Gasteiger partial charge in [-0.1, -0.05) is 18.2 Å². The summed E-state index contributed by atoms with van der Waals surface area (Å²) in [6, 6.07) is 16.9. The molecule has 9 nitrogen and oxygen atoms in total. The van der Waals surface area contributed by atoms with E-state index in [0.29, 0.717) is 18.7 Å². The summed E-state index contributed by atoms with van der Waals surface area (Å²) in [6.45, 7) is 0.352. The smallest absolute Gasteiger partial charge is 0.296 e. The Morgan fingerprint density at radius 3 is 2.50 bits per heavy atom. The average Bonchev–Trinajstić information content (AvgIpc) is 3.24. The van der Waals surface area contributed by atoms with Gasteiger partial charge in [0, 0.05) is 12.1 Å². The van der Waals surface area contributed by atoms with Crippen molar-refractivity contribution in [2.45, 2.75) is 11.3 Å². The van der Waals surface area contributed by atoms with Crippen LogP contribution in [0.15, 0.2) is 71.6 Å². The van der Waals surface area contributed by atoms with Crippen molar-refractivity contribution in [1.29, 1.82) is 0 Å². The second kappa shape index (κ2) is 8.31. The van der Waals surface area contributed by atoms with Crippen molar-refractivity contribution in [2.75, 3.05) is 23.3 Å². The fraction of sp³-hybridized carbons (Fsp3) is 0.136. The third kappa shape index (κ3) is 3.87. The highest BCUT2D eigenvalue weighted by atomic mass is 32.2. The predicted molar refractivity (Wildman–Crippen MR) is 119 cm³/mol. The summed E-state index contributed by atoms with van der Waals surface area (Å²) in [4.78, 5) is 23.3. The molecular formula is C22H19N3O6S. The zero-order chi connectivity index (χ0) is 22.9. The monoisotopic (exact) mass is 453 g/mol. The Morgan fingerprint density at radius 1 is 1.09 bits per heavy atom. The van der Waals surface area contributed by atoms with E-state index in [1.165, 1.54) is 53.9 Å². The number of nitro benzene ring substituents is 1. The molecular weight excluding hydrogens is 434 g/mol. The highest BCUT2D eigenvalue weighted by Gasteiger charge is 2.30. The molecule has 4 rings (SSSR count). The lowest BCUT2D eigenvalue weighted by molar-refractivity contribution is -0.384. The van der Waals surface area contributed by atoms with E-state index in [0.717, 1.165) is 5.56 Å². The Labute approximate surface area is 184 Å². The highest BCUT2D eigenvalue weighted by Crippen LogP contribution is 2.33. The Hall–Kier alpha value is -3.92. The van der Waals surface area contributed by atoms with Gasteiger partial charge in [-0.15, -0.1) is 0 Å². The lowest BCUT2D eigenvalue weighted by atomic mass is 10.2. The first kappa shape index (κ1) is 21.3. The standard InChI is InChI=1S/C22H19N3O6S/c1-31-17-8-11-19(21(14-17)25(27)28)23-22(26)16-6-9-18(10-7-16)32(29,30)24-13-12-15-4-2-3-5-20(15)24/h2-11,14H,12-13H2,1H3,(H,23,26). The van der Waals surface area contributed by atoms with Gasteiger partial charge in [-0.3, -0.25) is 19.2 Å². The number of ether oxygens (including phenoxy) is 1. The van der Waals surface area contributed by atoms with E-state index in [-0.39, 0.29) is 27.6 Å². The van der Waals surface area contributed by atoms with Crippen molar-refractivity contribution in [3.63, 3.8) is 0 Å². The molecule has 3 aromatic rings. The van der Waals surface area contributed by atoms with Crippen LogP contribution in [0.3, 0.4) is 0 Å². The third-order valence-electron chi connectivity index (χ3n) is 5.20. The molecule has 0 spiro atoms. The number of nitro groups is 1. The normalized spacial score (nSPS) is 12.8. The number of methoxy groups -OCH3 is 1. The van der Waals surface area contributed by atoms with Crippen LogP contribution in [0.25, 0.3) is 0 Å². The first-order valence-corrected chi connectivity index (χ1v) is 11.1. The number of carbonyl (C=O) groups excluding carboxylic acids is 1. The van der Waals surface area contributed by atoms with Crippen molar-refractivity contribution < 1.29 is 22.9 Å². The van der Waals surface area contributed by atoms with Crippen LogP contribution >= 0.6 is 0 Å². The van der Waals surface area contributed by atoms with Gasteiger partial charge in [-0.25, -0.2) is 8.42 Å². The van der Waals surface area contributed by atoms with Crippen LogP contribution in [-0.4, -0.2) is 32.9 Å². The fourth-order valence-corrected chi connectivity index (χ4v) is 5.06. The summed E-state index contributed by atoms with van der Waals surface area (Å²) >= 11 is 0. The molecule has 1 amide bonds. The maximum absolute atomic E-state index is 13.1. The zero-order valence-electron chi connectivity index (χ0n) is 17.0. The molecule has 10 heteroatoms. The van der Waals surface area contributed by atoms with E-state index >= 15 is 0 Å². The summed E-state index contributed by atoms with van der Waals surface area (Å²) < 4.78 is 32.5. The number of fused-ring (bicyclic) bond motifs is 1. The van der Waals surface area contributed by atoms with E-state index in [9.17, 15) is 23.3 Å². The van der Waals surface area contributed by atoms with Gasteiger partial charge in [0.2, 0.25) is 0 Å². The number of carbonyl (C=O) groups is 1. The van der Waals surface area contributed by atoms with Gasteiger partial charge < -0.3 is 10.1 Å². The van der Waals surface area contributed by atoms with Gasteiger partial charge >= 0.3 is 0 Å². The van der Waals surface area contributed by atoms with Gasteiger partial charge in [0.25, 0.3) is 21.6 Å². The molecule has 0 fully saturated rings. The molecule has 32 heavy (non-hydrogen) atoms. The summed E-state index contributed by atoms with van der Waals surface area (Å²) in [5, 5.41) is 13.8. The molecule has 0 radical (unpaired) electrons. The second-order valence-corrected chi connectivity index (χ2v) is 8.94.